The van der Waals surface area contributed by atoms with Crippen LogP contribution in [0.3, 0.4) is 0 Å². The lowest BCUT2D eigenvalue weighted by Crippen LogP contribution is -2.03. The van der Waals surface area contributed by atoms with E-state index in [0.29, 0.717) is 27.7 Å². The zero-order chi connectivity index (χ0) is 13.1. The molecule has 0 aliphatic heterocycles. The summed E-state index contributed by atoms with van der Waals surface area (Å²) in [6, 6.07) is 6.14. The van der Waals surface area contributed by atoms with Crippen LogP contribution in [0.15, 0.2) is 24.3 Å². The van der Waals surface area contributed by atoms with Crippen LogP contribution in [0.1, 0.15) is 22.3 Å². The zero-order valence-corrected chi connectivity index (χ0v) is 10.9. The lowest BCUT2D eigenvalue weighted by molar-refractivity contribution is 0.0531. The Morgan fingerprint density at radius 3 is 2.94 bits per heavy atom. The second-order valence-corrected chi connectivity index (χ2v) is 4.66. The fourth-order valence-corrected chi connectivity index (χ4v) is 2.48. The molecule has 0 N–H and O–H groups in total. The molecule has 1 heterocycles. The van der Waals surface area contributed by atoms with Gasteiger partial charge in [0.25, 0.3) is 0 Å². The Morgan fingerprint density at radius 1 is 1.50 bits per heavy atom. The fraction of sp³-hybridized carbons (Fsp3) is 0.231. The van der Waals surface area contributed by atoms with Crippen LogP contribution in [-0.2, 0) is 4.74 Å². The van der Waals surface area contributed by atoms with Gasteiger partial charge in [0.2, 0.25) is 0 Å². The molecule has 0 saturated carbocycles. The third-order valence-electron chi connectivity index (χ3n) is 2.33. The highest BCUT2D eigenvalue weighted by molar-refractivity contribution is 7.17. The Labute approximate surface area is 108 Å². The average Bonchev–Trinajstić information content (AvgIpc) is 2.72. The molecule has 0 radical (unpaired) electrons. The van der Waals surface area contributed by atoms with Crippen molar-refractivity contribution in [2.75, 3.05) is 6.61 Å². The van der Waals surface area contributed by atoms with Crippen LogP contribution in [0, 0.1) is 12.7 Å². The van der Waals surface area contributed by atoms with Crippen LogP contribution in [0.4, 0.5) is 4.39 Å². The summed E-state index contributed by atoms with van der Waals surface area (Å²) in [5.74, 6) is -0.701. The molecular formula is C13H12FNO2S. The first kappa shape index (κ1) is 12.7. The minimum Gasteiger partial charge on any atom is -0.462 e. The summed E-state index contributed by atoms with van der Waals surface area (Å²) < 4.78 is 18.1. The van der Waals surface area contributed by atoms with Crippen LogP contribution in [0.2, 0.25) is 0 Å². The molecule has 2 rings (SSSR count). The molecule has 3 nitrogen and oxygen atoms in total. The normalized spacial score (nSPS) is 10.4. The number of ether oxygens (including phenoxy) is 1. The number of rotatable bonds is 3. The maximum atomic E-state index is 13.1. The molecule has 0 spiro atoms. The molecule has 0 aliphatic rings. The Kier molecular flexibility index (Phi) is 3.72. The van der Waals surface area contributed by atoms with E-state index in [0.717, 1.165) is 0 Å². The van der Waals surface area contributed by atoms with Crippen LogP contribution in [0.5, 0.6) is 0 Å². The largest absolute Gasteiger partial charge is 0.462 e. The quantitative estimate of drug-likeness (QED) is 0.798. The zero-order valence-electron chi connectivity index (χ0n) is 10.1. The number of thiazole rings is 1. The minimum atomic E-state index is -0.379. The number of nitrogens with zero attached hydrogens (tertiary/aromatic N) is 1. The van der Waals surface area contributed by atoms with E-state index < -0.39 is 0 Å². The maximum Gasteiger partial charge on any atom is 0.350 e. The predicted octanol–water partition coefficient (Wildman–Crippen LogP) is 3.43. The van der Waals surface area contributed by atoms with Crippen molar-refractivity contribution in [1.29, 1.82) is 0 Å². The van der Waals surface area contributed by atoms with Crippen molar-refractivity contribution in [1.82, 2.24) is 4.98 Å². The van der Waals surface area contributed by atoms with E-state index in [2.05, 4.69) is 4.98 Å². The van der Waals surface area contributed by atoms with E-state index in [-0.39, 0.29) is 11.8 Å². The first-order valence-corrected chi connectivity index (χ1v) is 6.34. The van der Waals surface area contributed by atoms with Crippen molar-refractivity contribution in [3.05, 3.63) is 40.7 Å². The summed E-state index contributed by atoms with van der Waals surface area (Å²) >= 11 is 1.22. The van der Waals surface area contributed by atoms with Crippen molar-refractivity contribution >= 4 is 17.3 Å². The van der Waals surface area contributed by atoms with Crippen molar-refractivity contribution < 1.29 is 13.9 Å². The number of carbonyl (C=O) groups excluding carboxylic acids is 1. The van der Waals surface area contributed by atoms with Gasteiger partial charge in [-0.2, -0.15) is 0 Å². The molecule has 18 heavy (non-hydrogen) atoms. The second kappa shape index (κ2) is 5.27. The van der Waals surface area contributed by atoms with Crippen LogP contribution >= 0.6 is 11.3 Å². The predicted molar refractivity (Wildman–Crippen MR) is 68.2 cm³/mol. The number of halogens is 1. The molecule has 0 amide bonds. The third-order valence-corrected chi connectivity index (χ3v) is 3.52. The molecule has 0 aliphatic carbocycles. The second-order valence-electron chi connectivity index (χ2n) is 3.66. The highest BCUT2D eigenvalue weighted by Gasteiger charge is 2.17. The Balaban J connectivity index is 2.37. The molecule has 0 fully saturated rings. The van der Waals surface area contributed by atoms with Gasteiger partial charge in [0, 0.05) is 5.56 Å². The number of aryl methyl sites for hydroxylation is 1. The summed E-state index contributed by atoms with van der Waals surface area (Å²) in [4.78, 5) is 16.4. The average molecular weight is 265 g/mol. The topological polar surface area (TPSA) is 39.2 Å². The number of benzene rings is 1. The van der Waals surface area contributed by atoms with Crippen LogP contribution < -0.4 is 0 Å². The summed E-state index contributed by atoms with van der Waals surface area (Å²) in [7, 11) is 0. The summed E-state index contributed by atoms with van der Waals surface area (Å²) in [6.45, 7) is 3.82. The minimum absolute atomic E-state index is 0.321. The standard InChI is InChI=1S/C13H12FNO2S/c1-3-17-13(16)11-8(2)15-12(18-11)9-5-4-6-10(14)7-9/h4-7H,3H2,1-2H3. The number of hydrogen-bond acceptors (Lipinski definition) is 4. The van der Waals surface area contributed by atoms with Gasteiger partial charge < -0.3 is 4.74 Å². The first-order chi connectivity index (χ1) is 8.61. The van der Waals surface area contributed by atoms with Crippen molar-refractivity contribution in [2.24, 2.45) is 0 Å². The van der Waals surface area contributed by atoms with Gasteiger partial charge in [-0.15, -0.1) is 11.3 Å². The van der Waals surface area contributed by atoms with Crippen LogP contribution in [0.25, 0.3) is 10.6 Å². The molecule has 0 unspecified atom stereocenters. The molecule has 0 saturated heterocycles. The van der Waals surface area contributed by atoms with Crippen molar-refractivity contribution in [2.45, 2.75) is 13.8 Å². The summed E-state index contributed by atoms with van der Waals surface area (Å²) in [5.41, 5.74) is 1.27. The van der Waals surface area contributed by atoms with E-state index in [1.54, 1.807) is 26.0 Å². The number of carbonyl (C=O) groups is 1. The highest BCUT2D eigenvalue weighted by atomic mass is 32.1. The van der Waals surface area contributed by atoms with Gasteiger partial charge in [-0.05, 0) is 26.0 Å². The molecule has 0 atom stereocenters. The first-order valence-electron chi connectivity index (χ1n) is 5.52. The monoisotopic (exact) mass is 265 g/mol. The van der Waals surface area contributed by atoms with Gasteiger partial charge in [-0.3, -0.25) is 0 Å². The fourth-order valence-electron chi connectivity index (χ4n) is 1.53. The lowest BCUT2D eigenvalue weighted by Gasteiger charge is -1.97. The van der Waals surface area contributed by atoms with Crippen molar-refractivity contribution in [3.63, 3.8) is 0 Å². The van der Waals surface area contributed by atoms with E-state index in [4.69, 9.17) is 4.74 Å². The van der Waals surface area contributed by atoms with Crippen LogP contribution in [-0.4, -0.2) is 17.6 Å². The third kappa shape index (κ3) is 2.56. The molecule has 5 heteroatoms. The highest BCUT2D eigenvalue weighted by Crippen LogP contribution is 2.28. The maximum absolute atomic E-state index is 13.1. The smallest absolute Gasteiger partial charge is 0.350 e. The summed E-state index contributed by atoms with van der Waals surface area (Å²) in [6.07, 6.45) is 0. The van der Waals surface area contributed by atoms with Gasteiger partial charge in [0.15, 0.2) is 0 Å². The number of aromatic nitrogens is 1. The summed E-state index contributed by atoms with van der Waals surface area (Å²) in [5, 5.41) is 0.620. The Morgan fingerprint density at radius 2 is 2.28 bits per heavy atom. The number of esters is 1. The molecule has 1 aromatic heterocycles. The van der Waals surface area contributed by atoms with Gasteiger partial charge in [0.05, 0.1) is 12.3 Å². The van der Waals surface area contributed by atoms with Crippen molar-refractivity contribution in [3.8, 4) is 10.6 Å². The molecule has 94 valence electrons. The molecule has 2 aromatic rings. The van der Waals surface area contributed by atoms with E-state index >= 15 is 0 Å². The van der Waals surface area contributed by atoms with E-state index in [9.17, 15) is 9.18 Å². The lowest BCUT2D eigenvalue weighted by atomic mass is 10.2. The van der Waals surface area contributed by atoms with Gasteiger partial charge in [0.1, 0.15) is 15.7 Å². The Bertz CT molecular complexity index is 580. The Hall–Kier alpha value is -1.75. The SMILES string of the molecule is CCOC(=O)c1sc(-c2cccc(F)c2)nc1C. The number of hydrogen-bond donors (Lipinski definition) is 0. The molecule has 0 bridgehead atoms. The van der Waals surface area contributed by atoms with E-state index in [1.165, 1.54) is 23.5 Å². The van der Waals surface area contributed by atoms with Gasteiger partial charge >= 0.3 is 5.97 Å². The van der Waals surface area contributed by atoms with Gasteiger partial charge in [-0.25, -0.2) is 14.2 Å². The van der Waals surface area contributed by atoms with Gasteiger partial charge in [-0.1, -0.05) is 12.1 Å². The molecular weight excluding hydrogens is 253 g/mol. The molecule has 1 aromatic carbocycles. The van der Waals surface area contributed by atoms with E-state index in [1.807, 2.05) is 0 Å².